The van der Waals surface area contributed by atoms with E-state index in [0.29, 0.717) is 6.42 Å². The molecule has 0 bridgehead atoms. The van der Waals surface area contributed by atoms with Crippen molar-refractivity contribution in [2.45, 2.75) is 98.8 Å². The van der Waals surface area contributed by atoms with Gasteiger partial charge in [-0.25, -0.2) is 0 Å². The van der Waals surface area contributed by atoms with Gasteiger partial charge in [-0.15, -0.1) is 0 Å². The third-order valence-electron chi connectivity index (χ3n) is 5.89. The molecule has 0 spiro atoms. The second-order valence-electron chi connectivity index (χ2n) is 7.96. The SMILES string of the molecule is CCCCCC=CCC=CCC=CCC=CCCCC(=O)[O-].CC[N+](CC)(CC)CC. The number of allylic oxidation sites excluding steroid dienone is 8. The zero-order valence-corrected chi connectivity index (χ0v) is 21.3. The fourth-order valence-electron chi connectivity index (χ4n) is 3.27. The van der Waals surface area contributed by atoms with Gasteiger partial charge in [0.1, 0.15) is 0 Å². The number of aliphatic carboxylic acids is 1. The third-order valence-corrected chi connectivity index (χ3v) is 5.89. The number of unbranched alkanes of at least 4 members (excludes halogenated alkanes) is 4. The zero-order chi connectivity index (χ0) is 23.6. The Labute approximate surface area is 194 Å². The number of hydrogen-bond donors (Lipinski definition) is 0. The van der Waals surface area contributed by atoms with Gasteiger partial charge in [0.05, 0.1) is 26.2 Å². The van der Waals surface area contributed by atoms with Crippen molar-refractivity contribution in [3.8, 4) is 0 Å². The minimum absolute atomic E-state index is 0.151. The van der Waals surface area contributed by atoms with E-state index in [-0.39, 0.29) is 6.42 Å². The van der Waals surface area contributed by atoms with Crippen molar-refractivity contribution < 1.29 is 14.4 Å². The molecule has 0 saturated heterocycles. The average molecular weight is 434 g/mol. The summed E-state index contributed by atoms with van der Waals surface area (Å²) < 4.78 is 1.28. The minimum atomic E-state index is -0.962. The minimum Gasteiger partial charge on any atom is -0.550 e. The van der Waals surface area contributed by atoms with E-state index in [9.17, 15) is 9.90 Å². The molecule has 0 radical (unpaired) electrons. The lowest BCUT2D eigenvalue weighted by Gasteiger charge is -2.34. The second-order valence-corrected chi connectivity index (χ2v) is 7.96. The summed E-state index contributed by atoms with van der Waals surface area (Å²) >= 11 is 0. The number of carbonyl (C=O) groups excluding carboxylic acids is 1. The largest absolute Gasteiger partial charge is 0.550 e. The Hall–Kier alpha value is -1.61. The van der Waals surface area contributed by atoms with Gasteiger partial charge in [-0.3, -0.25) is 0 Å². The van der Waals surface area contributed by atoms with Crippen LogP contribution in [0.5, 0.6) is 0 Å². The molecule has 0 aromatic rings. The van der Waals surface area contributed by atoms with Crippen molar-refractivity contribution >= 4 is 5.97 Å². The van der Waals surface area contributed by atoms with Gasteiger partial charge in [-0.05, 0) is 79.1 Å². The van der Waals surface area contributed by atoms with Crippen LogP contribution in [0.15, 0.2) is 48.6 Å². The Morgan fingerprint density at radius 2 is 1.00 bits per heavy atom. The second kappa shape index (κ2) is 24.7. The van der Waals surface area contributed by atoms with Gasteiger partial charge < -0.3 is 14.4 Å². The predicted octanol–water partition coefficient (Wildman–Crippen LogP) is 6.76. The summed E-state index contributed by atoms with van der Waals surface area (Å²) in [5.74, 6) is -0.962. The van der Waals surface area contributed by atoms with Crippen LogP contribution in [0.2, 0.25) is 0 Å². The summed E-state index contributed by atoms with van der Waals surface area (Å²) in [5.41, 5.74) is 0. The molecule has 0 amide bonds. The Morgan fingerprint density at radius 3 is 1.32 bits per heavy atom. The van der Waals surface area contributed by atoms with E-state index in [1.807, 2.05) is 6.08 Å². The average Bonchev–Trinajstić information content (AvgIpc) is 2.78. The maximum atomic E-state index is 10.2. The fourth-order valence-corrected chi connectivity index (χ4v) is 3.27. The molecule has 31 heavy (non-hydrogen) atoms. The first-order chi connectivity index (χ1) is 15.0. The van der Waals surface area contributed by atoms with Gasteiger partial charge in [0, 0.05) is 5.97 Å². The number of nitrogens with zero attached hydrogens (tertiary/aromatic N) is 1. The molecular weight excluding hydrogens is 382 g/mol. The van der Waals surface area contributed by atoms with Gasteiger partial charge >= 0.3 is 0 Å². The number of carboxylic acids is 1. The lowest BCUT2D eigenvalue weighted by atomic mass is 10.2. The number of carbonyl (C=O) groups is 1. The molecule has 180 valence electrons. The van der Waals surface area contributed by atoms with Crippen LogP contribution in [0.3, 0.4) is 0 Å². The van der Waals surface area contributed by atoms with Crippen molar-refractivity contribution in [1.82, 2.24) is 0 Å². The topological polar surface area (TPSA) is 40.1 Å². The van der Waals surface area contributed by atoms with Crippen LogP contribution in [0, 0.1) is 0 Å². The molecule has 0 aromatic heterocycles. The zero-order valence-electron chi connectivity index (χ0n) is 21.3. The lowest BCUT2D eigenvalue weighted by molar-refractivity contribution is -0.921. The molecule has 0 aliphatic rings. The van der Waals surface area contributed by atoms with E-state index < -0.39 is 5.97 Å². The molecule has 3 nitrogen and oxygen atoms in total. The van der Waals surface area contributed by atoms with Crippen LogP contribution in [0.4, 0.5) is 0 Å². The maximum absolute atomic E-state index is 10.2. The lowest BCUT2D eigenvalue weighted by Crippen LogP contribution is -2.47. The van der Waals surface area contributed by atoms with Gasteiger partial charge in [0.15, 0.2) is 0 Å². The Bertz CT molecular complexity index is 482. The molecule has 0 atom stereocenters. The number of rotatable bonds is 18. The van der Waals surface area contributed by atoms with Gasteiger partial charge in [0.25, 0.3) is 0 Å². The highest BCUT2D eigenvalue weighted by Gasteiger charge is 2.16. The Balaban J connectivity index is 0. The molecule has 0 saturated carbocycles. The van der Waals surface area contributed by atoms with E-state index >= 15 is 0 Å². The highest BCUT2D eigenvalue weighted by molar-refractivity contribution is 5.64. The third kappa shape index (κ3) is 22.9. The molecule has 0 aromatic carbocycles. The van der Waals surface area contributed by atoms with Crippen LogP contribution in [-0.2, 0) is 4.79 Å². The van der Waals surface area contributed by atoms with E-state index in [1.165, 1.54) is 56.3 Å². The molecule has 0 heterocycles. The van der Waals surface area contributed by atoms with Gasteiger partial charge in [-0.1, -0.05) is 68.4 Å². The van der Waals surface area contributed by atoms with Gasteiger partial charge in [0.2, 0.25) is 0 Å². The first-order valence-electron chi connectivity index (χ1n) is 12.7. The molecule has 0 unspecified atom stereocenters. The summed E-state index contributed by atoms with van der Waals surface area (Å²) in [6.45, 7) is 16.5. The molecule has 0 fully saturated rings. The summed E-state index contributed by atoms with van der Waals surface area (Å²) in [6.07, 6.45) is 27.0. The van der Waals surface area contributed by atoms with Crippen molar-refractivity contribution in [3.63, 3.8) is 0 Å². The fraction of sp³-hybridized carbons (Fsp3) is 0.679. The maximum Gasteiger partial charge on any atom is 0.0757 e. The highest BCUT2D eigenvalue weighted by Crippen LogP contribution is 2.03. The van der Waals surface area contributed by atoms with Crippen LogP contribution < -0.4 is 5.11 Å². The van der Waals surface area contributed by atoms with Crippen LogP contribution >= 0.6 is 0 Å². The van der Waals surface area contributed by atoms with Crippen LogP contribution in [0.25, 0.3) is 0 Å². The summed E-state index contributed by atoms with van der Waals surface area (Å²) in [7, 11) is 0. The van der Waals surface area contributed by atoms with Crippen molar-refractivity contribution in [2.24, 2.45) is 0 Å². The molecule has 3 heteroatoms. The predicted molar refractivity (Wildman–Crippen MR) is 136 cm³/mol. The van der Waals surface area contributed by atoms with Crippen molar-refractivity contribution in [1.29, 1.82) is 0 Å². The number of hydrogen-bond acceptors (Lipinski definition) is 2. The van der Waals surface area contributed by atoms with Crippen molar-refractivity contribution in [2.75, 3.05) is 26.2 Å². The molecule has 0 N–H and O–H groups in total. The monoisotopic (exact) mass is 433 g/mol. The first-order valence-corrected chi connectivity index (χ1v) is 12.7. The Kier molecular flexibility index (Phi) is 25.1. The summed E-state index contributed by atoms with van der Waals surface area (Å²) in [6, 6.07) is 0. The summed E-state index contributed by atoms with van der Waals surface area (Å²) in [4.78, 5) is 10.2. The standard InChI is InChI=1S/C20H32O2.C8H20N/c1-2-3-4-5-6-7-8-9-10-11-12-13-14-15-16-17-18-19-20(21)22;1-5-9(6-2,7-3)8-4/h6-7,9-10,12-13,15-16H,2-5,8,11,14,17-19H2,1H3,(H,21,22);5-8H2,1-4H3/q;+1/p-1. The van der Waals surface area contributed by atoms with E-state index in [0.717, 1.165) is 25.7 Å². The molecule has 0 aliphatic heterocycles. The molecular formula is C28H51NO2. The summed E-state index contributed by atoms with van der Waals surface area (Å²) in [5, 5.41) is 10.2. The normalized spacial score (nSPS) is 12.3. The van der Waals surface area contributed by atoms with Crippen molar-refractivity contribution in [3.05, 3.63) is 48.6 Å². The first kappa shape index (κ1) is 31.6. The molecule has 0 aliphatic carbocycles. The van der Waals surface area contributed by atoms with Crippen LogP contribution in [0.1, 0.15) is 98.8 Å². The van der Waals surface area contributed by atoms with E-state index in [4.69, 9.17) is 0 Å². The number of quaternary nitrogens is 1. The Morgan fingerprint density at radius 1 is 0.613 bits per heavy atom. The van der Waals surface area contributed by atoms with Crippen LogP contribution in [-0.4, -0.2) is 36.6 Å². The smallest absolute Gasteiger partial charge is 0.0757 e. The highest BCUT2D eigenvalue weighted by atomic mass is 16.4. The quantitative estimate of drug-likeness (QED) is 0.136. The number of carboxylic acid groups (broad SMARTS) is 1. The molecule has 0 rings (SSSR count). The van der Waals surface area contributed by atoms with E-state index in [2.05, 4.69) is 77.2 Å². The van der Waals surface area contributed by atoms with Gasteiger partial charge in [-0.2, -0.15) is 0 Å². The van der Waals surface area contributed by atoms with E-state index in [1.54, 1.807) is 0 Å².